The summed E-state index contributed by atoms with van der Waals surface area (Å²) in [6, 6.07) is 8.45. The number of allylic oxidation sites excluding steroid dienone is 2. The van der Waals surface area contributed by atoms with Crippen LogP contribution in [0.5, 0.6) is 0 Å². The van der Waals surface area contributed by atoms with Crippen molar-refractivity contribution in [3.05, 3.63) is 40.4 Å². The molecule has 3 rings (SSSR count). The summed E-state index contributed by atoms with van der Waals surface area (Å²) < 4.78 is 0. The van der Waals surface area contributed by atoms with Gasteiger partial charge in [-0.25, -0.2) is 0 Å². The Kier molecular flexibility index (Phi) is 3.23. The molecule has 0 aliphatic heterocycles. The smallest absolute Gasteiger partial charge is 0.0406 e. The van der Waals surface area contributed by atoms with Crippen LogP contribution in [0.4, 0.5) is 0 Å². The lowest BCUT2D eigenvalue weighted by atomic mass is 9.59. The summed E-state index contributed by atoms with van der Waals surface area (Å²) >= 11 is 6.00. The van der Waals surface area contributed by atoms with Gasteiger partial charge in [-0.05, 0) is 67.2 Å². The normalized spacial score (nSPS) is 22.1. The molecule has 0 amide bonds. The van der Waals surface area contributed by atoms with E-state index in [1.54, 1.807) is 11.1 Å². The van der Waals surface area contributed by atoms with E-state index in [1.165, 1.54) is 50.5 Å². The zero-order valence-electron chi connectivity index (χ0n) is 11.1. The maximum atomic E-state index is 6.00. The molecule has 0 heterocycles. The first-order valence-electron chi connectivity index (χ1n) is 7.19. The van der Waals surface area contributed by atoms with Crippen molar-refractivity contribution in [2.24, 2.45) is 5.41 Å². The van der Waals surface area contributed by atoms with Gasteiger partial charge in [-0.2, -0.15) is 0 Å². The van der Waals surface area contributed by atoms with E-state index in [4.69, 9.17) is 11.6 Å². The first-order chi connectivity index (χ1) is 8.72. The maximum Gasteiger partial charge on any atom is 0.0406 e. The van der Waals surface area contributed by atoms with Gasteiger partial charge in [-0.3, -0.25) is 0 Å². The van der Waals surface area contributed by atoms with E-state index >= 15 is 0 Å². The van der Waals surface area contributed by atoms with E-state index in [1.807, 2.05) is 12.1 Å². The van der Waals surface area contributed by atoms with E-state index in [-0.39, 0.29) is 0 Å². The molecule has 1 heteroatoms. The van der Waals surface area contributed by atoms with Crippen LogP contribution in [0.15, 0.2) is 29.8 Å². The second-order valence-electron chi connectivity index (χ2n) is 5.97. The Balaban J connectivity index is 1.94. The third kappa shape index (κ3) is 2.12. The number of hydrogen-bond donors (Lipinski definition) is 0. The van der Waals surface area contributed by atoms with Gasteiger partial charge in [0.15, 0.2) is 0 Å². The second kappa shape index (κ2) is 4.74. The van der Waals surface area contributed by atoms with Crippen LogP contribution in [0.2, 0.25) is 5.02 Å². The van der Waals surface area contributed by atoms with Crippen molar-refractivity contribution < 1.29 is 0 Å². The molecule has 18 heavy (non-hydrogen) atoms. The molecule has 1 aromatic rings. The summed E-state index contributed by atoms with van der Waals surface area (Å²) in [6.07, 6.45) is 9.57. The van der Waals surface area contributed by atoms with Crippen LogP contribution in [0.3, 0.4) is 0 Å². The molecule has 0 bridgehead atoms. The zero-order chi connectivity index (χ0) is 12.6. The summed E-state index contributed by atoms with van der Waals surface area (Å²) in [5, 5.41) is 0.839. The fourth-order valence-corrected chi connectivity index (χ4v) is 3.73. The number of benzene rings is 1. The van der Waals surface area contributed by atoms with Crippen molar-refractivity contribution in [2.45, 2.75) is 51.9 Å². The van der Waals surface area contributed by atoms with E-state index in [0.717, 1.165) is 5.02 Å². The van der Waals surface area contributed by atoms with Crippen molar-refractivity contribution in [1.82, 2.24) is 0 Å². The number of halogens is 1. The van der Waals surface area contributed by atoms with E-state index < -0.39 is 0 Å². The molecule has 0 atom stereocenters. The van der Waals surface area contributed by atoms with Gasteiger partial charge in [0.2, 0.25) is 0 Å². The van der Waals surface area contributed by atoms with Crippen molar-refractivity contribution in [3.63, 3.8) is 0 Å². The summed E-state index contributed by atoms with van der Waals surface area (Å²) in [7, 11) is 0. The molecule has 0 aromatic heterocycles. The SMILES string of the molecule is CCC1=C(c2ccc(Cl)cc2)CC2(CCC2)CC1. The van der Waals surface area contributed by atoms with Crippen molar-refractivity contribution in [1.29, 1.82) is 0 Å². The zero-order valence-corrected chi connectivity index (χ0v) is 11.9. The molecular weight excluding hydrogens is 240 g/mol. The minimum atomic E-state index is 0.660. The molecule has 1 spiro atoms. The average Bonchev–Trinajstić information content (AvgIpc) is 2.37. The quantitative estimate of drug-likeness (QED) is 0.625. The molecule has 0 N–H and O–H groups in total. The van der Waals surface area contributed by atoms with Gasteiger partial charge >= 0.3 is 0 Å². The van der Waals surface area contributed by atoms with Crippen LogP contribution < -0.4 is 0 Å². The lowest BCUT2D eigenvalue weighted by Gasteiger charge is -2.46. The average molecular weight is 261 g/mol. The Labute approximate surface area is 115 Å². The molecule has 0 saturated heterocycles. The van der Waals surface area contributed by atoms with Gasteiger partial charge in [0.1, 0.15) is 0 Å². The standard InChI is InChI=1S/C17H21Cl/c1-2-13-8-11-17(9-3-10-17)12-16(13)14-4-6-15(18)7-5-14/h4-7H,2-3,8-12H2,1H3. The van der Waals surface area contributed by atoms with Gasteiger partial charge in [0.25, 0.3) is 0 Å². The molecule has 0 radical (unpaired) electrons. The minimum absolute atomic E-state index is 0.660. The van der Waals surface area contributed by atoms with Gasteiger partial charge in [0, 0.05) is 5.02 Å². The summed E-state index contributed by atoms with van der Waals surface area (Å²) in [6.45, 7) is 2.30. The van der Waals surface area contributed by atoms with Crippen molar-refractivity contribution in [2.75, 3.05) is 0 Å². The highest BCUT2D eigenvalue weighted by Gasteiger charge is 2.40. The first kappa shape index (κ1) is 12.3. The van der Waals surface area contributed by atoms with Crippen LogP contribution >= 0.6 is 11.6 Å². The Morgan fingerprint density at radius 1 is 1.11 bits per heavy atom. The lowest BCUT2D eigenvalue weighted by molar-refractivity contribution is 0.120. The minimum Gasteiger partial charge on any atom is -0.0843 e. The van der Waals surface area contributed by atoms with Crippen LogP contribution in [-0.2, 0) is 0 Å². The van der Waals surface area contributed by atoms with Crippen LogP contribution in [0, 0.1) is 5.41 Å². The maximum absolute atomic E-state index is 6.00. The highest BCUT2D eigenvalue weighted by atomic mass is 35.5. The predicted octanol–water partition coefficient (Wildman–Crippen LogP) is 5.86. The summed E-state index contributed by atoms with van der Waals surface area (Å²) in [4.78, 5) is 0. The molecule has 1 aromatic carbocycles. The Morgan fingerprint density at radius 2 is 1.83 bits per heavy atom. The fraction of sp³-hybridized carbons (Fsp3) is 0.529. The first-order valence-corrected chi connectivity index (χ1v) is 7.57. The van der Waals surface area contributed by atoms with Crippen molar-refractivity contribution in [3.8, 4) is 0 Å². The summed E-state index contributed by atoms with van der Waals surface area (Å²) in [5.41, 5.74) is 5.37. The Morgan fingerprint density at radius 3 is 2.39 bits per heavy atom. The van der Waals surface area contributed by atoms with Gasteiger partial charge in [0.05, 0.1) is 0 Å². The predicted molar refractivity (Wildman–Crippen MR) is 78.8 cm³/mol. The highest BCUT2D eigenvalue weighted by Crippen LogP contribution is 2.55. The molecule has 96 valence electrons. The Hall–Kier alpha value is -0.750. The topological polar surface area (TPSA) is 0 Å². The van der Waals surface area contributed by atoms with Gasteiger partial charge in [-0.1, -0.05) is 42.7 Å². The molecular formula is C17H21Cl. The van der Waals surface area contributed by atoms with Gasteiger partial charge in [-0.15, -0.1) is 0 Å². The molecule has 0 nitrogen and oxygen atoms in total. The largest absolute Gasteiger partial charge is 0.0843 e. The molecule has 2 aliphatic carbocycles. The van der Waals surface area contributed by atoms with E-state index in [2.05, 4.69) is 19.1 Å². The van der Waals surface area contributed by atoms with E-state index in [9.17, 15) is 0 Å². The van der Waals surface area contributed by atoms with Crippen molar-refractivity contribution >= 4 is 17.2 Å². The number of hydrogen-bond acceptors (Lipinski definition) is 0. The highest BCUT2D eigenvalue weighted by molar-refractivity contribution is 6.30. The third-order valence-electron chi connectivity index (χ3n) is 4.97. The fourth-order valence-electron chi connectivity index (χ4n) is 3.61. The Bertz CT molecular complexity index is 463. The van der Waals surface area contributed by atoms with Crippen LogP contribution in [-0.4, -0.2) is 0 Å². The second-order valence-corrected chi connectivity index (χ2v) is 6.41. The molecule has 0 unspecified atom stereocenters. The third-order valence-corrected chi connectivity index (χ3v) is 5.22. The van der Waals surface area contributed by atoms with Crippen LogP contribution in [0.1, 0.15) is 57.4 Å². The monoisotopic (exact) mass is 260 g/mol. The molecule has 1 saturated carbocycles. The summed E-state index contributed by atoms with van der Waals surface area (Å²) in [5.74, 6) is 0. The van der Waals surface area contributed by atoms with Gasteiger partial charge < -0.3 is 0 Å². The van der Waals surface area contributed by atoms with Crippen LogP contribution in [0.25, 0.3) is 5.57 Å². The van der Waals surface area contributed by atoms with E-state index in [0.29, 0.717) is 5.41 Å². The molecule has 2 aliphatic rings. The lowest BCUT2D eigenvalue weighted by Crippen LogP contribution is -2.32. The number of rotatable bonds is 2. The molecule has 1 fully saturated rings.